The van der Waals surface area contributed by atoms with E-state index in [-0.39, 0.29) is 23.7 Å². The molecule has 1 atom stereocenters. The summed E-state index contributed by atoms with van der Waals surface area (Å²) in [6.07, 6.45) is 4.85. The van der Waals surface area contributed by atoms with Gasteiger partial charge in [-0.05, 0) is 55.2 Å². The molecule has 0 radical (unpaired) electrons. The van der Waals surface area contributed by atoms with Gasteiger partial charge in [-0.2, -0.15) is 19.0 Å². The molecule has 5 rings (SSSR count). The summed E-state index contributed by atoms with van der Waals surface area (Å²) in [6.45, 7) is -1.16. The second kappa shape index (κ2) is 12.2. The monoisotopic (exact) mass is 611 g/mol. The molecule has 43 heavy (non-hydrogen) atoms. The maximum atomic E-state index is 14.0. The summed E-state index contributed by atoms with van der Waals surface area (Å²) in [5.41, 5.74) is 1.89. The van der Waals surface area contributed by atoms with Gasteiger partial charge >= 0.3 is 12.6 Å². The molecule has 12 nitrogen and oxygen atoms in total. The van der Waals surface area contributed by atoms with E-state index in [1.165, 1.54) is 42.8 Å². The van der Waals surface area contributed by atoms with Crippen LogP contribution in [0, 0.1) is 5.41 Å². The minimum atomic E-state index is -2.78. The first-order valence-electron chi connectivity index (χ1n) is 13.2. The van der Waals surface area contributed by atoms with Crippen molar-refractivity contribution in [2.24, 2.45) is 0 Å². The van der Waals surface area contributed by atoms with E-state index >= 15 is 0 Å². The van der Waals surface area contributed by atoms with Crippen molar-refractivity contribution in [1.82, 2.24) is 40.5 Å². The fourth-order valence-electron chi connectivity index (χ4n) is 4.39. The lowest BCUT2D eigenvalue weighted by molar-refractivity contribution is 0.0566. The Labute approximate surface area is 249 Å². The van der Waals surface area contributed by atoms with Crippen LogP contribution in [0.2, 0.25) is 5.02 Å². The minimum absolute atomic E-state index is 0.203. The number of H-pyrrole nitrogens is 1. The molecule has 2 aromatic heterocycles. The van der Waals surface area contributed by atoms with E-state index < -0.39 is 24.6 Å². The molecule has 0 saturated heterocycles. The van der Waals surface area contributed by atoms with E-state index in [0.29, 0.717) is 37.8 Å². The summed E-state index contributed by atoms with van der Waals surface area (Å²) >= 11 is 6.45. The van der Waals surface area contributed by atoms with Gasteiger partial charge in [0.1, 0.15) is 12.9 Å². The molecular formula is C28H28ClF2N9O3. The highest BCUT2D eigenvalue weighted by molar-refractivity contribution is 6.33. The highest BCUT2D eigenvalue weighted by Crippen LogP contribution is 2.35. The van der Waals surface area contributed by atoms with Gasteiger partial charge in [-0.15, -0.1) is 0 Å². The van der Waals surface area contributed by atoms with Crippen LogP contribution in [0.1, 0.15) is 48.3 Å². The second-order valence-electron chi connectivity index (χ2n) is 10.2. The normalized spacial score (nSPS) is 14.2. The van der Waals surface area contributed by atoms with Crippen molar-refractivity contribution in [2.45, 2.75) is 37.9 Å². The summed E-state index contributed by atoms with van der Waals surface area (Å²) in [5.74, 6) is -0.446. The number of nitrogens with one attached hydrogen (secondary N) is 4. The zero-order valence-electron chi connectivity index (χ0n) is 23.1. The van der Waals surface area contributed by atoms with Crippen LogP contribution in [-0.2, 0) is 4.74 Å². The van der Waals surface area contributed by atoms with E-state index in [0.717, 1.165) is 12.8 Å². The van der Waals surface area contributed by atoms with Gasteiger partial charge in [0.2, 0.25) is 0 Å². The average Bonchev–Trinajstić information content (AvgIpc) is 3.39. The zero-order valence-corrected chi connectivity index (χ0v) is 23.9. The number of alkyl carbamates (subject to hydrolysis) is 1. The van der Waals surface area contributed by atoms with Crippen LogP contribution in [0.25, 0.3) is 22.5 Å². The van der Waals surface area contributed by atoms with E-state index in [9.17, 15) is 18.4 Å². The van der Waals surface area contributed by atoms with Crippen molar-refractivity contribution in [3.63, 3.8) is 0 Å². The molecule has 0 aliphatic heterocycles. The number of aromatic amines is 1. The number of hydrogen-bond acceptors (Lipinski definition) is 7. The topological polar surface area (TPSA) is 154 Å². The maximum absolute atomic E-state index is 14.0. The highest BCUT2D eigenvalue weighted by Gasteiger charge is 2.40. The molecule has 1 aliphatic rings. The second-order valence-corrected chi connectivity index (χ2v) is 10.6. The molecular weight excluding hydrogens is 584 g/mol. The number of amides is 2. The number of carbonyl (C=O) groups is 2. The molecule has 1 saturated carbocycles. The van der Waals surface area contributed by atoms with E-state index in [1.54, 1.807) is 30.3 Å². The summed E-state index contributed by atoms with van der Waals surface area (Å²) in [6, 6.07) is 10.2. The van der Waals surface area contributed by atoms with Crippen molar-refractivity contribution in [3.05, 3.63) is 77.3 Å². The zero-order chi connectivity index (χ0) is 30.7. The van der Waals surface area contributed by atoms with Crippen LogP contribution in [0.5, 0.6) is 0 Å². The molecule has 2 amide bonds. The number of hydrogen-bond donors (Lipinski definition) is 4. The lowest BCUT2D eigenvalue weighted by Crippen LogP contribution is -2.47. The number of carbonyl (C=O) groups excluding carboxylic acids is 2. The largest absolute Gasteiger partial charge is 0.447 e. The Morgan fingerprint density at radius 3 is 2.56 bits per heavy atom. The van der Waals surface area contributed by atoms with Crippen molar-refractivity contribution >= 4 is 29.6 Å². The Morgan fingerprint density at radius 1 is 1.21 bits per heavy atom. The third kappa shape index (κ3) is 6.64. The van der Waals surface area contributed by atoms with Gasteiger partial charge < -0.3 is 15.4 Å². The number of guanidine groups is 1. The van der Waals surface area contributed by atoms with Crippen molar-refractivity contribution in [3.8, 4) is 22.5 Å². The molecule has 1 aliphatic carbocycles. The molecule has 1 fully saturated rings. The molecule has 0 spiro atoms. The smallest absolute Gasteiger partial charge is 0.407 e. The fraction of sp³-hybridized carbons (Fsp3) is 0.286. The molecule has 2 aromatic carbocycles. The van der Waals surface area contributed by atoms with Gasteiger partial charge in [-0.1, -0.05) is 29.8 Å². The predicted molar refractivity (Wildman–Crippen MR) is 154 cm³/mol. The molecule has 2 heterocycles. The molecule has 4 N–H and O–H groups in total. The summed E-state index contributed by atoms with van der Waals surface area (Å²) in [4.78, 5) is 32.0. The maximum Gasteiger partial charge on any atom is 0.407 e. The Bertz CT molecular complexity index is 1620. The van der Waals surface area contributed by atoms with Gasteiger partial charge in [0.15, 0.2) is 11.8 Å². The van der Waals surface area contributed by atoms with Crippen LogP contribution in [0.15, 0.2) is 61.2 Å². The first kappa shape index (κ1) is 29.6. The molecule has 15 heteroatoms. The molecule has 4 aromatic rings. The molecule has 224 valence electrons. The molecule has 1 unspecified atom stereocenters. The van der Waals surface area contributed by atoms with Crippen molar-refractivity contribution in [1.29, 1.82) is 5.41 Å². The SMILES string of the molecule is CNC(=N)N(C(=O)c1ccc(-c2cnn(C(F)F)c2)cc1)C(COC(=O)NC1(C)CC1)c1ccc(Cl)c(-c2ncn[nH]2)c1. The number of rotatable bonds is 9. The number of benzene rings is 2. The van der Waals surface area contributed by atoms with Crippen LogP contribution in [0.3, 0.4) is 0 Å². The highest BCUT2D eigenvalue weighted by atomic mass is 35.5. The first-order chi connectivity index (χ1) is 20.6. The van der Waals surface area contributed by atoms with E-state index in [4.69, 9.17) is 21.7 Å². The van der Waals surface area contributed by atoms with Crippen LogP contribution in [0.4, 0.5) is 13.6 Å². The first-order valence-corrected chi connectivity index (χ1v) is 13.6. The minimum Gasteiger partial charge on any atom is -0.447 e. The third-order valence-electron chi connectivity index (χ3n) is 7.10. The van der Waals surface area contributed by atoms with Crippen molar-refractivity contribution in [2.75, 3.05) is 13.7 Å². The van der Waals surface area contributed by atoms with Crippen LogP contribution >= 0.6 is 11.6 Å². The summed E-state index contributed by atoms with van der Waals surface area (Å²) in [7, 11) is 1.49. The van der Waals surface area contributed by atoms with E-state index in [1.807, 2.05) is 6.92 Å². The number of ether oxygens (including phenoxy) is 1. The van der Waals surface area contributed by atoms with Gasteiger partial charge in [-0.3, -0.25) is 20.2 Å². The summed E-state index contributed by atoms with van der Waals surface area (Å²) in [5, 5.41) is 24.8. The lowest BCUT2D eigenvalue weighted by atomic mass is 10.0. The summed E-state index contributed by atoms with van der Waals surface area (Å²) < 4.78 is 32.1. The number of nitrogens with zero attached hydrogens (tertiary/aromatic N) is 5. The Morgan fingerprint density at radius 2 is 1.95 bits per heavy atom. The van der Waals surface area contributed by atoms with Crippen LogP contribution in [-0.4, -0.2) is 67.0 Å². The van der Waals surface area contributed by atoms with Gasteiger partial charge in [0.25, 0.3) is 5.91 Å². The third-order valence-corrected chi connectivity index (χ3v) is 7.43. The standard InChI is InChI=1S/C28H28ClF2N9O3/c1-28(9-10-28)37-27(42)43-14-22(18-7-8-21(29)20(11-18)23-34-15-35-38-23)40(26(32)33-2)24(41)17-5-3-16(4-6-17)19-12-36-39(13-19)25(30)31/h3-8,11-13,15,22,25H,9-10,14H2,1-2H3,(H2,32,33)(H,37,42)(H,34,35,38). The fourth-order valence-corrected chi connectivity index (χ4v) is 4.60. The predicted octanol–water partition coefficient (Wildman–Crippen LogP) is 5.00. The van der Waals surface area contributed by atoms with E-state index in [2.05, 4.69) is 30.9 Å². The van der Waals surface area contributed by atoms with Gasteiger partial charge in [0.05, 0.1) is 17.3 Å². The quantitative estimate of drug-likeness (QED) is 0.153. The Balaban J connectivity index is 1.48. The van der Waals surface area contributed by atoms with Gasteiger partial charge in [0, 0.05) is 35.5 Å². The van der Waals surface area contributed by atoms with Crippen molar-refractivity contribution < 1.29 is 23.1 Å². The average molecular weight is 612 g/mol. The Kier molecular flexibility index (Phi) is 8.39. The number of aromatic nitrogens is 5. The van der Waals surface area contributed by atoms with Gasteiger partial charge in [-0.25, -0.2) is 14.5 Å². The Hall–Kier alpha value is -4.85. The number of alkyl halides is 2. The lowest BCUT2D eigenvalue weighted by Gasteiger charge is -2.32. The molecule has 0 bridgehead atoms. The van der Waals surface area contributed by atoms with Crippen LogP contribution < -0.4 is 10.6 Å². The number of halogens is 3.